The summed E-state index contributed by atoms with van der Waals surface area (Å²) < 4.78 is 5.11. The van der Waals surface area contributed by atoms with Crippen LogP contribution in [-0.2, 0) is 9.59 Å². The van der Waals surface area contributed by atoms with Crippen molar-refractivity contribution in [2.75, 3.05) is 12.0 Å². The number of rotatable bonds is 3. The van der Waals surface area contributed by atoms with Crippen molar-refractivity contribution in [3.63, 3.8) is 0 Å². The largest absolute Gasteiger partial charge is 0.508 e. The summed E-state index contributed by atoms with van der Waals surface area (Å²) in [5, 5.41) is 11.5. The third kappa shape index (κ3) is 3.20. The zero-order valence-electron chi connectivity index (χ0n) is 13.2. The Morgan fingerprint density at radius 2 is 1.80 bits per heavy atom. The van der Waals surface area contributed by atoms with E-state index in [1.807, 2.05) is 0 Å². The summed E-state index contributed by atoms with van der Waals surface area (Å²) in [5.74, 6) is -0.948. The number of ether oxygens (including phenoxy) is 1. The Morgan fingerprint density at radius 3 is 2.48 bits per heavy atom. The number of hydrogen-bond acceptors (Lipinski definition) is 5. The third-order valence-corrected chi connectivity index (χ3v) is 3.61. The minimum atomic E-state index is -0.844. The van der Waals surface area contributed by atoms with Gasteiger partial charge in [-0.05, 0) is 48.0 Å². The molecule has 0 spiro atoms. The van der Waals surface area contributed by atoms with Gasteiger partial charge in [0.2, 0.25) is 0 Å². The molecule has 4 amide bonds. The Labute approximate surface area is 143 Å². The number of anilines is 1. The molecule has 126 valence electrons. The first-order chi connectivity index (χ1) is 12.0. The number of phenolic OH excluding ortho intramolecular Hbond substituents is 1. The van der Waals surface area contributed by atoms with Crippen molar-refractivity contribution < 1.29 is 24.2 Å². The van der Waals surface area contributed by atoms with Crippen molar-refractivity contribution in [1.82, 2.24) is 5.32 Å². The van der Waals surface area contributed by atoms with Gasteiger partial charge in [-0.1, -0.05) is 12.1 Å². The SMILES string of the molecule is COc1cccc(C=C2C(=O)NC(=O)N(c3ccc(O)cc3)C2=O)c1. The van der Waals surface area contributed by atoms with Crippen molar-refractivity contribution in [2.45, 2.75) is 0 Å². The molecule has 1 saturated heterocycles. The smallest absolute Gasteiger partial charge is 0.335 e. The molecule has 0 saturated carbocycles. The van der Waals surface area contributed by atoms with Gasteiger partial charge >= 0.3 is 6.03 Å². The van der Waals surface area contributed by atoms with E-state index >= 15 is 0 Å². The zero-order chi connectivity index (χ0) is 18.0. The van der Waals surface area contributed by atoms with Gasteiger partial charge in [0.15, 0.2) is 0 Å². The normalized spacial score (nSPS) is 16.1. The maximum absolute atomic E-state index is 12.7. The number of amides is 4. The molecule has 1 heterocycles. The monoisotopic (exact) mass is 338 g/mol. The van der Waals surface area contributed by atoms with E-state index in [4.69, 9.17) is 4.74 Å². The lowest BCUT2D eigenvalue weighted by atomic mass is 10.1. The summed E-state index contributed by atoms with van der Waals surface area (Å²) in [6.07, 6.45) is 1.39. The highest BCUT2D eigenvalue weighted by atomic mass is 16.5. The molecule has 1 aliphatic heterocycles. The summed E-state index contributed by atoms with van der Waals surface area (Å²) in [4.78, 5) is 37.7. The highest BCUT2D eigenvalue weighted by molar-refractivity contribution is 6.39. The Morgan fingerprint density at radius 1 is 1.08 bits per heavy atom. The van der Waals surface area contributed by atoms with Gasteiger partial charge in [-0.15, -0.1) is 0 Å². The number of barbiturate groups is 1. The molecule has 0 aliphatic carbocycles. The number of nitrogens with one attached hydrogen (secondary N) is 1. The fourth-order valence-corrected chi connectivity index (χ4v) is 2.39. The van der Waals surface area contributed by atoms with E-state index in [2.05, 4.69) is 5.32 Å². The van der Waals surface area contributed by atoms with Crippen LogP contribution >= 0.6 is 0 Å². The molecule has 2 N–H and O–H groups in total. The van der Waals surface area contributed by atoms with Crippen LogP contribution in [0, 0.1) is 0 Å². The zero-order valence-corrected chi connectivity index (χ0v) is 13.2. The first-order valence-corrected chi connectivity index (χ1v) is 7.34. The van der Waals surface area contributed by atoms with Crippen LogP contribution in [0.5, 0.6) is 11.5 Å². The summed E-state index contributed by atoms with van der Waals surface area (Å²) in [5.41, 5.74) is 0.642. The van der Waals surface area contributed by atoms with E-state index in [0.717, 1.165) is 4.90 Å². The molecule has 2 aromatic carbocycles. The summed E-state index contributed by atoms with van der Waals surface area (Å²) in [6.45, 7) is 0. The van der Waals surface area contributed by atoms with E-state index in [1.54, 1.807) is 24.3 Å². The molecular formula is C18H14N2O5. The number of benzene rings is 2. The van der Waals surface area contributed by atoms with Crippen LogP contribution in [0.25, 0.3) is 6.08 Å². The number of phenols is 1. The van der Waals surface area contributed by atoms with Crippen molar-refractivity contribution >= 4 is 29.6 Å². The molecule has 3 rings (SSSR count). The fourth-order valence-electron chi connectivity index (χ4n) is 2.39. The van der Waals surface area contributed by atoms with E-state index in [0.29, 0.717) is 11.3 Å². The van der Waals surface area contributed by atoms with Crippen LogP contribution < -0.4 is 15.0 Å². The van der Waals surface area contributed by atoms with Gasteiger partial charge in [-0.25, -0.2) is 9.69 Å². The lowest BCUT2D eigenvalue weighted by Gasteiger charge is -2.26. The number of urea groups is 1. The predicted octanol–water partition coefficient (Wildman–Crippen LogP) is 2.07. The Balaban J connectivity index is 2.00. The van der Waals surface area contributed by atoms with Crippen molar-refractivity contribution in [2.24, 2.45) is 0 Å². The van der Waals surface area contributed by atoms with Crippen LogP contribution in [-0.4, -0.2) is 30.1 Å². The minimum Gasteiger partial charge on any atom is -0.508 e. The van der Waals surface area contributed by atoms with Gasteiger partial charge in [0.1, 0.15) is 17.1 Å². The molecule has 0 bridgehead atoms. The van der Waals surface area contributed by atoms with Crippen molar-refractivity contribution in [1.29, 1.82) is 0 Å². The number of nitrogens with zero attached hydrogens (tertiary/aromatic N) is 1. The van der Waals surface area contributed by atoms with E-state index < -0.39 is 17.8 Å². The molecular weight excluding hydrogens is 324 g/mol. The van der Waals surface area contributed by atoms with Gasteiger partial charge in [0.05, 0.1) is 12.8 Å². The third-order valence-electron chi connectivity index (χ3n) is 3.61. The number of hydrogen-bond donors (Lipinski definition) is 2. The van der Waals surface area contributed by atoms with Crippen LogP contribution in [0.2, 0.25) is 0 Å². The minimum absolute atomic E-state index is 0.00293. The molecule has 0 unspecified atom stereocenters. The van der Waals surface area contributed by atoms with Gasteiger partial charge in [0, 0.05) is 0 Å². The highest BCUT2D eigenvalue weighted by Gasteiger charge is 2.36. The van der Waals surface area contributed by atoms with Gasteiger partial charge in [0.25, 0.3) is 11.8 Å². The average molecular weight is 338 g/mol. The summed E-state index contributed by atoms with van der Waals surface area (Å²) >= 11 is 0. The summed E-state index contributed by atoms with van der Waals surface area (Å²) in [7, 11) is 1.51. The molecule has 0 aromatic heterocycles. The van der Waals surface area contributed by atoms with E-state index in [-0.39, 0.29) is 17.0 Å². The summed E-state index contributed by atoms with van der Waals surface area (Å²) in [6, 6.07) is 11.5. The van der Waals surface area contributed by atoms with Gasteiger partial charge in [-0.2, -0.15) is 0 Å². The average Bonchev–Trinajstić information content (AvgIpc) is 2.60. The Hall–Kier alpha value is -3.61. The van der Waals surface area contributed by atoms with E-state index in [1.165, 1.54) is 37.5 Å². The van der Waals surface area contributed by atoms with Crippen LogP contribution in [0.1, 0.15) is 5.56 Å². The second kappa shape index (κ2) is 6.48. The molecule has 7 nitrogen and oxygen atoms in total. The Kier molecular flexibility index (Phi) is 4.21. The first kappa shape index (κ1) is 16.3. The van der Waals surface area contributed by atoms with Crippen molar-refractivity contribution in [3.8, 4) is 11.5 Å². The highest BCUT2D eigenvalue weighted by Crippen LogP contribution is 2.24. The maximum Gasteiger partial charge on any atom is 0.335 e. The van der Waals surface area contributed by atoms with Crippen molar-refractivity contribution in [3.05, 3.63) is 59.7 Å². The fraction of sp³-hybridized carbons (Fsp3) is 0.0556. The lowest BCUT2D eigenvalue weighted by molar-refractivity contribution is -0.122. The maximum atomic E-state index is 12.7. The first-order valence-electron chi connectivity index (χ1n) is 7.34. The topological polar surface area (TPSA) is 95.9 Å². The Bertz CT molecular complexity index is 887. The quantitative estimate of drug-likeness (QED) is 0.660. The molecule has 0 radical (unpaired) electrons. The molecule has 25 heavy (non-hydrogen) atoms. The number of methoxy groups -OCH3 is 1. The molecule has 0 atom stereocenters. The second-order valence-corrected chi connectivity index (χ2v) is 5.25. The number of carbonyl (C=O) groups is 3. The number of carbonyl (C=O) groups excluding carboxylic acids is 3. The second-order valence-electron chi connectivity index (χ2n) is 5.25. The van der Waals surface area contributed by atoms with Crippen LogP contribution in [0.15, 0.2) is 54.1 Å². The van der Waals surface area contributed by atoms with Gasteiger partial charge < -0.3 is 9.84 Å². The number of aromatic hydroxyl groups is 1. The lowest BCUT2D eigenvalue weighted by Crippen LogP contribution is -2.54. The number of imide groups is 2. The molecule has 2 aromatic rings. The van der Waals surface area contributed by atoms with Gasteiger partial charge in [-0.3, -0.25) is 14.9 Å². The standard InChI is InChI=1S/C18H14N2O5/c1-25-14-4-2-3-11(9-14)10-15-16(22)19-18(24)20(17(15)23)12-5-7-13(21)8-6-12/h2-10,21H,1H3,(H,19,22,24). The molecule has 1 fully saturated rings. The molecule has 7 heteroatoms. The van der Waals surface area contributed by atoms with Crippen LogP contribution in [0.3, 0.4) is 0 Å². The van der Waals surface area contributed by atoms with Crippen LogP contribution in [0.4, 0.5) is 10.5 Å². The van der Waals surface area contributed by atoms with E-state index in [9.17, 15) is 19.5 Å². The predicted molar refractivity (Wildman–Crippen MR) is 90.1 cm³/mol. The molecule has 1 aliphatic rings.